The molecule has 2 unspecified atom stereocenters. The number of carbonyl (C=O) groups is 2. The van der Waals surface area contributed by atoms with Gasteiger partial charge in [0.05, 0.1) is 5.75 Å². The van der Waals surface area contributed by atoms with Crippen LogP contribution in [0.15, 0.2) is 0 Å². The molecule has 2 atom stereocenters. The van der Waals surface area contributed by atoms with Crippen LogP contribution in [-0.2, 0) is 14.6 Å². The Morgan fingerprint density at radius 2 is 1.67 bits per heavy atom. The topological polar surface area (TPSA) is 113 Å². The summed E-state index contributed by atoms with van der Waals surface area (Å²) in [5, 5.41) is 13.5. The van der Waals surface area contributed by atoms with E-state index in [0.29, 0.717) is 0 Å². The smallest absolute Gasteiger partial charge is 0.326 e. The van der Waals surface area contributed by atoms with Gasteiger partial charge in [0.1, 0.15) is 15.9 Å². The van der Waals surface area contributed by atoms with Gasteiger partial charge < -0.3 is 15.7 Å². The average Bonchev–Trinajstić information content (AvgIpc) is 2.09. The fraction of sp³-hybridized carbons (Fsp3) is 0.800. The second-order valence-corrected chi connectivity index (χ2v) is 6.86. The molecule has 0 bridgehead atoms. The van der Waals surface area contributed by atoms with Crippen molar-refractivity contribution < 1.29 is 23.1 Å². The van der Waals surface area contributed by atoms with Crippen LogP contribution in [-0.4, -0.2) is 49.6 Å². The minimum Gasteiger partial charge on any atom is -0.480 e. The lowest BCUT2D eigenvalue weighted by molar-refractivity contribution is -0.140. The maximum Gasteiger partial charge on any atom is 0.326 e. The Bertz CT molecular complexity index is 404. The molecule has 0 aromatic carbocycles. The first-order valence-electron chi connectivity index (χ1n) is 5.50. The van der Waals surface area contributed by atoms with Crippen LogP contribution in [0.3, 0.4) is 0 Å². The van der Waals surface area contributed by atoms with Gasteiger partial charge in [0, 0.05) is 12.3 Å². The molecule has 2 amide bonds. The van der Waals surface area contributed by atoms with Crippen molar-refractivity contribution in [1.82, 2.24) is 10.6 Å². The quantitative estimate of drug-likeness (QED) is 0.625. The van der Waals surface area contributed by atoms with E-state index in [-0.39, 0.29) is 11.7 Å². The predicted molar refractivity (Wildman–Crippen MR) is 67.1 cm³/mol. The van der Waals surface area contributed by atoms with Gasteiger partial charge in [-0.25, -0.2) is 18.0 Å². The van der Waals surface area contributed by atoms with Gasteiger partial charge in [0.15, 0.2) is 0 Å². The predicted octanol–water partition coefficient (Wildman–Crippen LogP) is -0.172. The molecule has 0 saturated heterocycles. The number of carbonyl (C=O) groups excluding carboxylic acids is 1. The molecule has 0 radical (unpaired) electrons. The molecule has 3 N–H and O–H groups in total. The molecule has 7 nitrogen and oxygen atoms in total. The molecule has 0 aliphatic carbocycles. The van der Waals surface area contributed by atoms with Gasteiger partial charge in [-0.15, -0.1) is 0 Å². The molecule has 0 aliphatic heterocycles. The first-order chi connectivity index (χ1) is 8.03. The fourth-order valence-electron chi connectivity index (χ4n) is 1.42. The lowest BCUT2D eigenvalue weighted by Gasteiger charge is -2.20. The van der Waals surface area contributed by atoms with E-state index in [0.717, 1.165) is 6.26 Å². The maximum atomic E-state index is 11.5. The summed E-state index contributed by atoms with van der Waals surface area (Å²) in [4.78, 5) is 22.3. The number of carboxylic acid groups (broad SMARTS) is 1. The summed E-state index contributed by atoms with van der Waals surface area (Å²) in [6.07, 6.45) is 1.07. The number of hydrogen-bond acceptors (Lipinski definition) is 4. The van der Waals surface area contributed by atoms with E-state index in [1.165, 1.54) is 6.92 Å². The molecule has 0 rings (SSSR count). The third-order valence-corrected chi connectivity index (χ3v) is 3.26. The fourth-order valence-corrected chi connectivity index (χ4v) is 2.41. The van der Waals surface area contributed by atoms with Crippen LogP contribution in [0.5, 0.6) is 0 Å². The molecular formula is C10H20N2O5S. The molecule has 18 heavy (non-hydrogen) atoms. The second-order valence-electron chi connectivity index (χ2n) is 4.67. The second kappa shape index (κ2) is 6.58. The van der Waals surface area contributed by atoms with E-state index in [4.69, 9.17) is 5.11 Å². The van der Waals surface area contributed by atoms with E-state index in [2.05, 4.69) is 10.6 Å². The summed E-state index contributed by atoms with van der Waals surface area (Å²) in [5.41, 5.74) is 0. The van der Waals surface area contributed by atoms with Crippen LogP contribution in [0.4, 0.5) is 4.79 Å². The van der Waals surface area contributed by atoms with Crippen molar-refractivity contribution >= 4 is 21.8 Å². The van der Waals surface area contributed by atoms with Crippen molar-refractivity contribution in [1.29, 1.82) is 0 Å². The van der Waals surface area contributed by atoms with E-state index in [9.17, 15) is 18.0 Å². The van der Waals surface area contributed by atoms with Crippen LogP contribution in [0.25, 0.3) is 0 Å². The van der Waals surface area contributed by atoms with Gasteiger partial charge in [-0.1, -0.05) is 13.8 Å². The normalized spacial score (nSPS) is 14.9. The summed E-state index contributed by atoms with van der Waals surface area (Å²) in [6.45, 7) is 4.86. The third kappa shape index (κ3) is 7.10. The third-order valence-electron chi connectivity index (χ3n) is 2.15. The van der Waals surface area contributed by atoms with E-state index < -0.39 is 33.9 Å². The molecular weight excluding hydrogens is 260 g/mol. The van der Waals surface area contributed by atoms with Gasteiger partial charge in [0.2, 0.25) is 0 Å². The largest absolute Gasteiger partial charge is 0.480 e. The first-order valence-corrected chi connectivity index (χ1v) is 7.56. The minimum atomic E-state index is -3.19. The van der Waals surface area contributed by atoms with Crippen molar-refractivity contribution in [3.8, 4) is 0 Å². The first kappa shape index (κ1) is 16.7. The molecule has 0 heterocycles. The molecule has 0 spiro atoms. The molecule has 106 valence electrons. The number of amides is 2. The van der Waals surface area contributed by atoms with E-state index in [1.54, 1.807) is 13.8 Å². The number of rotatable bonds is 6. The number of sulfone groups is 1. The Hall–Kier alpha value is -1.31. The zero-order chi connectivity index (χ0) is 14.5. The Kier molecular flexibility index (Phi) is 6.10. The van der Waals surface area contributed by atoms with Crippen LogP contribution < -0.4 is 10.6 Å². The Morgan fingerprint density at radius 3 is 2.00 bits per heavy atom. The van der Waals surface area contributed by atoms with Crippen LogP contribution in [0, 0.1) is 5.92 Å². The highest BCUT2D eigenvalue weighted by atomic mass is 32.2. The van der Waals surface area contributed by atoms with Crippen LogP contribution in [0.1, 0.15) is 20.8 Å². The van der Waals surface area contributed by atoms with Crippen LogP contribution >= 0.6 is 0 Å². The number of nitrogens with one attached hydrogen (secondary N) is 2. The standard InChI is InChI=1S/C10H20N2O5S/c1-6(2)8(9(13)14)12-10(15)11-7(3)5-18(4,16)17/h6-8H,5H2,1-4H3,(H,13,14)(H2,11,12,15). The van der Waals surface area contributed by atoms with E-state index >= 15 is 0 Å². The Morgan fingerprint density at radius 1 is 1.17 bits per heavy atom. The summed E-state index contributed by atoms with van der Waals surface area (Å²) >= 11 is 0. The minimum absolute atomic E-state index is 0.195. The number of urea groups is 1. The van der Waals surface area contributed by atoms with Crippen molar-refractivity contribution in [3.05, 3.63) is 0 Å². The Labute approximate surface area is 107 Å². The lowest BCUT2D eigenvalue weighted by atomic mass is 10.1. The molecule has 0 aromatic heterocycles. The van der Waals surface area contributed by atoms with Gasteiger partial charge in [-0.3, -0.25) is 0 Å². The van der Waals surface area contributed by atoms with Gasteiger partial charge in [0.25, 0.3) is 0 Å². The van der Waals surface area contributed by atoms with Crippen molar-refractivity contribution in [2.75, 3.05) is 12.0 Å². The van der Waals surface area contributed by atoms with Gasteiger partial charge in [-0.05, 0) is 12.8 Å². The van der Waals surface area contributed by atoms with Crippen molar-refractivity contribution in [2.24, 2.45) is 5.92 Å². The highest BCUT2D eigenvalue weighted by Crippen LogP contribution is 2.01. The zero-order valence-electron chi connectivity index (χ0n) is 10.9. The number of carboxylic acids is 1. The number of hydrogen-bond donors (Lipinski definition) is 3. The summed E-state index contributed by atoms with van der Waals surface area (Å²) in [7, 11) is -3.19. The molecule has 0 aliphatic rings. The average molecular weight is 280 g/mol. The van der Waals surface area contributed by atoms with E-state index in [1.807, 2.05) is 0 Å². The number of aliphatic carboxylic acids is 1. The summed E-state index contributed by atoms with van der Waals surface area (Å²) in [6, 6.07) is -2.27. The molecule has 0 saturated carbocycles. The Balaban J connectivity index is 4.38. The lowest BCUT2D eigenvalue weighted by Crippen LogP contribution is -2.51. The molecule has 0 fully saturated rings. The van der Waals surface area contributed by atoms with Gasteiger partial charge >= 0.3 is 12.0 Å². The summed E-state index contributed by atoms with van der Waals surface area (Å²) < 4.78 is 22.0. The molecule has 8 heteroatoms. The van der Waals surface area contributed by atoms with Gasteiger partial charge in [-0.2, -0.15) is 0 Å². The molecule has 0 aromatic rings. The van der Waals surface area contributed by atoms with Crippen molar-refractivity contribution in [3.63, 3.8) is 0 Å². The highest BCUT2D eigenvalue weighted by molar-refractivity contribution is 7.90. The maximum absolute atomic E-state index is 11.5. The monoisotopic (exact) mass is 280 g/mol. The van der Waals surface area contributed by atoms with Crippen LogP contribution in [0.2, 0.25) is 0 Å². The van der Waals surface area contributed by atoms with Crippen molar-refractivity contribution in [2.45, 2.75) is 32.9 Å². The zero-order valence-corrected chi connectivity index (χ0v) is 11.7. The SMILES string of the molecule is CC(CS(C)(=O)=O)NC(=O)NC(C(=O)O)C(C)C. The summed E-state index contributed by atoms with van der Waals surface area (Å²) in [5.74, 6) is -1.59. The highest BCUT2D eigenvalue weighted by Gasteiger charge is 2.24.